The topological polar surface area (TPSA) is 65.5 Å². The van der Waals surface area contributed by atoms with Crippen LogP contribution in [-0.4, -0.2) is 40.2 Å². The summed E-state index contributed by atoms with van der Waals surface area (Å²) in [7, 11) is 0. The number of nitrogens with one attached hydrogen (secondary N) is 1. The number of thiazole rings is 1. The van der Waals surface area contributed by atoms with E-state index in [1.54, 1.807) is 11.3 Å². The summed E-state index contributed by atoms with van der Waals surface area (Å²) in [6.07, 6.45) is 3.84. The SMILES string of the molecule is CC(C)c1csc(CNC(=O)N2CCCC[C@H]2CCO)n1. The molecule has 1 saturated heterocycles. The average Bonchev–Trinajstić information content (AvgIpc) is 2.95. The molecule has 2 N–H and O–H groups in total. The Hall–Kier alpha value is -1.14. The van der Waals surface area contributed by atoms with Crippen LogP contribution in [-0.2, 0) is 6.54 Å². The Balaban J connectivity index is 1.87. The minimum atomic E-state index is -0.0329. The standard InChI is InChI=1S/C15H25N3O2S/c1-11(2)13-10-21-14(17-13)9-16-15(20)18-7-4-3-5-12(18)6-8-19/h10-12,19H,3-9H2,1-2H3,(H,16,20)/t12-/m0/s1. The van der Waals surface area contributed by atoms with Gasteiger partial charge in [-0.05, 0) is 31.6 Å². The van der Waals surface area contributed by atoms with Crippen LogP contribution in [0.3, 0.4) is 0 Å². The highest BCUT2D eigenvalue weighted by Crippen LogP contribution is 2.20. The molecule has 0 bridgehead atoms. The smallest absolute Gasteiger partial charge is 0.317 e. The number of aromatic nitrogens is 1. The molecule has 2 heterocycles. The molecule has 0 radical (unpaired) electrons. The van der Waals surface area contributed by atoms with Gasteiger partial charge in [-0.1, -0.05) is 13.8 Å². The first-order chi connectivity index (χ1) is 10.1. The second kappa shape index (κ2) is 7.75. The highest BCUT2D eigenvalue weighted by molar-refractivity contribution is 7.09. The zero-order valence-electron chi connectivity index (χ0n) is 12.8. The molecular formula is C15H25N3O2S. The molecule has 0 spiro atoms. The first kappa shape index (κ1) is 16.2. The molecule has 2 rings (SSSR count). The summed E-state index contributed by atoms with van der Waals surface area (Å²) in [5, 5.41) is 15.1. The maximum atomic E-state index is 12.3. The summed E-state index contributed by atoms with van der Waals surface area (Å²) < 4.78 is 0. The number of likely N-dealkylation sites (tertiary alicyclic amines) is 1. The van der Waals surface area contributed by atoms with Gasteiger partial charge >= 0.3 is 6.03 Å². The lowest BCUT2D eigenvalue weighted by Crippen LogP contribution is -2.48. The van der Waals surface area contributed by atoms with Crippen molar-refractivity contribution in [3.63, 3.8) is 0 Å². The first-order valence-electron chi connectivity index (χ1n) is 7.71. The van der Waals surface area contributed by atoms with Gasteiger partial charge < -0.3 is 15.3 Å². The van der Waals surface area contributed by atoms with Gasteiger partial charge in [0, 0.05) is 24.6 Å². The Morgan fingerprint density at radius 3 is 3.05 bits per heavy atom. The van der Waals surface area contributed by atoms with Crippen molar-refractivity contribution in [1.29, 1.82) is 0 Å². The molecule has 0 aliphatic carbocycles. The molecule has 0 aromatic carbocycles. The van der Waals surface area contributed by atoms with E-state index in [1.807, 2.05) is 4.90 Å². The van der Waals surface area contributed by atoms with Gasteiger partial charge in [-0.15, -0.1) is 11.3 Å². The van der Waals surface area contributed by atoms with Crippen molar-refractivity contribution >= 4 is 17.4 Å². The van der Waals surface area contributed by atoms with Crippen LogP contribution in [0.25, 0.3) is 0 Å². The molecular weight excluding hydrogens is 286 g/mol. The minimum absolute atomic E-state index is 0.0329. The molecule has 1 fully saturated rings. The highest BCUT2D eigenvalue weighted by Gasteiger charge is 2.26. The Bertz CT molecular complexity index is 460. The number of aliphatic hydroxyl groups is 1. The maximum Gasteiger partial charge on any atom is 0.317 e. The van der Waals surface area contributed by atoms with Gasteiger partial charge in [0.1, 0.15) is 5.01 Å². The lowest BCUT2D eigenvalue weighted by molar-refractivity contribution is 0.131. The summed E-state index contributed by atoms with van der Waals surface area (Å²) >= 11 is 1.59. The van der Waals surface area contributed by atoms with Gasteiger partial charge in [-0.2, -0.15) is 0 Å². The fourth-order valence-corrected chi connectivity index (χ4v) is 3.54. The Morgan fingerprint density at radius 1 is 1.57 bits per heavy atom. The number of hydrogen-bond donors (Lipinski definition) is 2. The van der Waals surface area contributed by atoms with Crippen LogP contribution < -0.4 is 5.32 Å². The van der Waals surface area contributed by atoms with Gasteiger partial charge in [-0.25, -0.2) is 9.78 Å². The van der Waals surface area contributed by atoms with Crippen LogP contribution in [0, 0.1) is 0 Å². The fourth-order valence-electron chi connectivity index (χ4n) is 2.64. The van der Waals surface area contributed by atoms with Crippen molar-refractivity contribution < 1.29 is 9.90 Å². The molecule has 1 aromatic rings. The van der Waals surface area contributed by atoms with Crippen molar-refractivity contribution in [3.8, 4) is 0 Å². The van der Waals surface area contributed by atoms with Crippen LogP contribution in [0.2, 0.25) is 0 Å². The van der Waals surface area contributed by atoms with Crippen LogP contribution >= 0.6 is 11.3 Å². The number of hydrogen-bond acceptors (Lipinski definition) is 4. The molecule has 2 amide bonds. The molecule has 21 heavy (non-hydrogen) atoms. The third-order valence-corrected chi connectivity index (χ3v) is 4.77. The number of carbonyl (C=O) groups excluding carboxylic acids is 1. The number of carbonyl (C=O) groups is 1. The fraction of sp³-hybridized carbons (Fsp3) is 0.733. The molecule has 0 unspecified atom stereocenters. The Labute approximate surface area is 130 Å². The van der Waals surface area contributed by atoms with Crippen molar-refractivity contribution in [3.05, 3.63) is 16.1 Å². The van der Waals surface area contributed by atoms with E-state index in [9.17, 15) is 4.79 Å². The van der Waals surface area contributed by atoms with E-state index >= 15 is 0 Å². The predicted octanol–water partition coefficient (Wildman–Crippen LogP) is 2.71. The summed E-state index contributed by atoms with van der Waals surface area (Å²) in [5.74, 6) is 0.418. The number of rotatable bonds is 5. The summed E-state index contributed by atoms with van der Waals surface area (Å²) in [5.41, 5.74) is 1.08. The molecule has 1 aliphatic rings. The van der Waals surface area contributed by atoms with Crippen molar-refractivity contribution in [1.82, 2.24) is 15.2 Å². The molecule has 0 saturated carbocycles. The third-order valence-electron chi connectivity index (χ3n) is 3.90. The molecule has 5 nitrogen and oxygen atoms in total. The lowest BCUT2D eigenvalue weighted by Gasteiger charge is -2.35. The van der Waals surface area contributed by atoms with Crippen molar-refractivity contribution in [2.75, 3.05) is 13.2 Å². The van der Waals surface area contributed by atoms with E-state index in [-0.39, 0.29) is 18.7 Å². The number of amides is 2. The highest BCUT2D eigenvalue weighted by atomic mass is 32.1. The number of nitrogens with zero attached hydrogens (tertiary/aromatic N) is 2. The maximum absolute atomic E-state index is 12.3. The van der Waals surface area contributed by atoms with Crippen LogP contribution in [0.1, 0.15) is 56.2 Å². The molecule has 1 aromatic heterocycles. The van der Waals surface area contributed by atoms with Gasteiger partial charge in [-0.3, -0.25) is 0 Å². The zero-order valence-corrected chi connectivity index (χ0v) is 13.7. The normalized spacial score (nSPS) is 19.0. The second-order valence-corrected chi connectivity index (χ2v) is 6.78. The van der Waals surface area contributed by atoms with Gasteiger partial charge in [0.05, 0.1) is 12.2 Å². The lowest BCUT2D eigenvalue weighted by atomic mass is 10.0. The number of aliphatic hydroxyl groups excluding tert-OH is 1. The van der Waals surface area contributed by atoms with E-state index < -0.39 is 0 Å². The molecule has 118 valence electrons. The Kier molecular flexibility index (Phi) is 5.99. The van der Waals surface area contributed by atoms with E-state index in [0.717, 1.165) is 36.5 Å². The van der Waals surface area contributed by atoms with E-state index in [2.05, 4.69) is 29.5 Å². The number of piperidine rings is 1. The van der Waals surface area contributed by atoms with Gasteiger partial charge in [0.15, 0.2) is 0 Å². The molecule has 1 aliphatic heterocycles. The van der Waals surface area contributed by atoms with E-state index in [1.165, 1.54) is 0 Å². The monoisotopic (exact) mass is 311 g/mol. The minimum Gasteiger partial charge on any atom is -0.396 e. The van der Waals surface area contributed by atoms with Crippen LogP contribution in [0.4, 0.5) is 4.79 Å². The quantitative estimate of drug-likeness (QED) is 0.878. The summed E-state index contributed by atoms with van der Waals surface area (Å²) in [4.78, 5) is 18.7. The Morgan fingerprint density at radius 2 is 2.38 bits per heavy atom. The third kappa shape index (κ3) is 4.41. The van der Waals surface area contributed by atoms with E-state index in [4.69, 9.17) is 5.11 Å². The van der Waals surface area contributed by atoms with Crippen molar-refractivity contribution in [2.24, 2.45) is 0 Å². The number of urea groups is 1. The first-order valence-corrected chi connectivity index (χ1v) is 8.59. The average molecular weight is 311 g/mol. The summed E-state index contributed by atoms with van der Waals surface area (Å²) in [6, 6.07) is 0.140. The molecule has 1 atom stereocenters. The summed E-state index contributed by atoms with van der Waals surface area (Å²) in [6.45, 7) is 5.64. The molecule has 6 heteroatoms. The van der Waals surface area contributed by atoms with Crippen LogP contribution in [0.15, 0.2) is 5.38 Å². The second-order valence-electron chi connectivity index (χ2n) is 5.83. The van der Waals surface area contributed by atoms with Crippen molar-refractivity contribution in [2.45, 2.75) is 58.0 Å². The van der Waals surface area contributed by atoms with Gasteiger partial charge in [0.25, 0.3) is 0 Å². The van der Waals surface area contributed by atoms with Crippen LogP contribution in [0.5, 0.6) is 0 Å². The predicted molar refractivity (Wildman–Crippen MR) is 84.5 cm³/mol. The van der Waals surface area contributed by atoms with Gasteiger partial charge in [0.2, 0.25) is 0 Å². The van der Waals surface area contributed by atoms with E-state index in [0.29, 0.717) is 18.9 Å². The zero-order chi connectivity index (χ0) is 15.2. The largest absolute Gasteiger partial charge is 0.396 e.